The topological polar surface area (TPSA) is 41.1 Å². The monoisotopic (exact) mass is 210 g/mol. The summed E-state index contributed by atoms with van der Waals surface area (Å²) in [5.74, 6) is -0.00702. The van der Waals surface area contributed by atoms with Crippen molar-refractivity contribution in [3.63, 3.8) is 0 Å². The first-order valence-corrected chi connectivity index (χ1v) is 4.81. The van der Waals surface area contributed by atoms with Crippen molar-refractivity contribution in [3.8, 4) is 0 Å². The molecule has 0 aliphatic carbocycles. The van der Waals surface area contributed by atoms with Crippen molar-refractivity contribution in [1.29, 1.82) is 0 Å². The molecule has 1 atom stereocenters. The lowest BCUT2D eigenvalue weighted by molar-refractivity contribution is -0.118. The summed E-state index contributed by atoms with van der Waals surface area (Å²) in [6.07, 6.45) is 0. The van der Waals surface area contributed by atoms with Gasteiger partial charge in [0.2, 0.25) is 5.91 Å². The molecule has 2 rings (SSSR count). The highest BCUT2D eigenvalue weighted by Crippen LogP contribution is 2.27. The van der Waals surface area contributed by atoms with Crippen LogP contribution in [0.15, 0.2) is 24.3 Å². The standard InChI is InChI=1S/C10H11ClN2O/c1-10(12-6-9(14)13-10)7-4-2-3-5-8(7)11/h2-5,12H,6H2,1H3,(H,13,14). The molecule has 0 bridgehead atoms. The Labute approximate surface area is 87.4 Å². The third kappa shape index (κ3) is 1.49. The predicted molar refractivity (Wildman–Crippen MR) is 54.9 cm³/mol. The van der Waals surface area contributed by atoms with E-state index in [4.69, 9.17) is 11.6 Å². The van der Waals surface area contributed by atoms with Gasteiger partial charge >= 0.3 is 0 Å². The first kappa shape index (κ1) is 9.49. The third-order valence-corrected chi connectivity index (χ3v) is 2.73. The Morgan fingerprint density at radius 2 is 2.14 bits per heavy atom. The number of carbonyl (C=O) groups is 1. The number of benzene rings is 1. The summed E-state index contributed by atoms with van der Waals surface area (Å²) in [6.45, 7) is 2.24. The normalized spacial score (nSPS) is 26.3. The minimum Gasteiger partial charge on any atom is -0.333 e. The first-order chi connectivity index (χ1) is 6.62. The van der Waals surface area contributed by atoms with Gasteiger partial charge in [-0.1, -0.05) is 29.8 Å². The van der Waals surface area contributed by atoms with E-state index in [2.05, 4.69) is 10.6 Å². The quantitative estimate of drug-likeness (QED) is 0.732. The zero-order valence-corrected chi connectivity index (χ0v) is 8.56. The number of nitrogens with one attached hydrogen (secondary N) is 2. The number of amides is 1. The smallest absolute Gasteiger partial charge is 0.235 e. The zero-order chi connectivity index (χ0) is 10.2. The average Bonchev–Trinajstić information content (AvgIpc) is 2.48. The maximum absolute atomic E-state index is 11.1. The molecule has 74 valence electrons. The maximum atomic E-state index is 11.1. The molecule has 1 heterocycles. The molecular weight excluding hydrogens is 200 g/mol. The SMILES string of the molecule is CC1(c2ccccc2Cl)NCC(=O)N1. The van der Waals surface area contributed by atoms with E-state index in [1.54, 1.807) is 0 Å². The van der Waals surface area contributed by atoms with Crippen LogP contribution in [0.4, 0.5) is 0 Å². The van der Waals surface area contributed by atoms with Gasteiger partial charge in [-0.05, 0) is 13.0 Å². The summed E-state index contributed by atoms with van der Waals surface area (Å²) in [7, 11) is 0. The van der Waals surface area contributed by atoms with Gasteiger partial charge in [0.15, 0.2) is 0 Å². The Balaban J connectivity index is 2.40. The molecule has 2 N–H and O–H groups in total. The number of halogens is 1. The Kier molecular flexibility index (Phi) is 2.21. The van der Waals surface area contributed by atoms with Crippen LogP contribution >= 0.6 is 11.6 Å². The lowest BCUT2D eigenvalue weighted by atomic mass is 10.0. The minimum atomic E-state index is -0.532. The molecule has 3 nitrogen and oxygen atoms in total. The Morgan fingerprint density at radius 3 is 2.71 bits per heavy atom. The average molecular weight is 211 g/mol. The summed E-state index contributed by atoms with van der Waals surface area (Å²) in [6, 6.07) is 7.49. The van der Waals surface area contributed by atoms with E-state index >= 15 is 0 Å². The van der Waals surface area contributed by atoms with Gasteiger partial charge in [-0.2, -0.15) is 0 Å². The fourth-order valence-electron chi connectivity index (χ4n) is 1.65. The van der Waals surface area contributed by atoms with Gasteiger partial charge in [-0.25, -0.2) is 0 Å². The highest BCUT2D eigenvalue weighted by molar-refractivity contribution is 6.31. The molecule has 0 spiro atoms. The Morgan fingerprint density at radius 1 is 1.43 bits per heavy atom. The second-order valence-electron chi connectivity index (χ2n) is 3.51. The molecule has 1 aromatic carbocycles. The van der Waals surface area contributed by atoms with Crippen LogP contribution in [0.1, 0.15) is 12.5 Å². The van der Waals surface area contributed by atoms with Gasteiger partial charge in [-0.15, -0.1) is 0 Å². The van der Waals surface area contributed by atoms with E-state index in [9.17, 15) is 4.79 Å². The molecule has 14 heavy (non-hydrogen) atoms. The molecule has 4 heteroatoms. The molecule has 1 aliphatic rings. The molecule has 1 fully saturated rings. The third-order valence-electron chi connectivity index (χ3n) is 2.40. The molecule has 1 aliphatic heterocycles. The molecule has 1 unspecified atom stereocenters. The number of hydrogen-bond acceptors (Lipinski definition) is 2. The van der Waals surface area contributed by atoms with Gasteiger partial charge in [0.1, 0.15) is 5.66 Å². The summed E-state index contributed by atoms with van der Waals surface area (Å²) in [5.41, 5.74) is 0.364. The van der Waals surface area contributed by atoms with Crippen LogP contribution < -0.4 is 10.6 Å². The van der Waals surface area contributed by atoms with E-state index in [1.165, 1.54) is 0 Å². The van der Waals surface area contributed by atoms with Crippen molar-refractivity contribution in [2.75, 3.05) is 6.54 Å². The summed E-state index contributed by atoms with van der Waals surface area (Å²) in [4.78, 5) is 11.1. The van der Waals surface area contributed by atoms with Gasteiger partial charge in [-0.3, -0.25) is 10.1 Å². The van der Waals surface area contributed by atoms with Crippen LogP contribution in [0.3, 0.4) is 0 Å². The van der Waals surface area contributed by atoms with Crippen LogP contribution in [-0.2, 0) is 10.5 Å². The van der Waals surface area contributed by atoms with Crippen LogP contribution in [-0.4, -0.2) is 12.5 Å². The number of rotatable bonds is 1. The van der Waals surface area contributed by atoms with Crippen molar-refractivity contribution in [2.45, 2.75) is 12.6 Å². The van der Waals surface area contributed by atoms with Crippen LogP contribution in [0.25, 0.3) is 0 Å². The van der Waals surface area contributed by atoms with Gasteiger partial charge in [0.05, 0.1) is 6.54 Å². The van der Waals surface area contributed by atoms with Gasteiger partial charge in [0, 0.05) is 10.6 Å². The van der Waals surface area contributed by atoms with Crippen LogP contribution in [0.2, 0.25) is 5.02 Å². The first-order valence-electron chi connectivity index (χ1n) is 4.43. The fourth-order valence-corrected chi connectivity index (χ4v) is 1.98. The van der Waals surface area contributed by atoms with E-state index in [-0.39, 0.29) is 5.91 Å². The number of hydrogen-bond donors (Lipinski definition) is 2. The van der Waals surface area contributed by atoms with Crippen LogP contribution in [0.5, 0.6) is 0 Å². The minimum absolute atomic E-state index is 0.00702. The lowest BCUT2D eigenvalue weighted by Gasteiger charge is -2.25. The highest BCUT2D eigenvalue weighted by atomic mass is 35.5. The van der Waals surface area contributed by atoms with Crippen molar-refractivity contribution in [2.24, 2.45) is 0 Å². The molecule has 0 aromatic heterocycles. The summed E-state index contributed by atoms with van der Waals surface area (Å²) < 4.78 is 0. The molecular formula is C10H11ClN2O. The molecule has 0 radical (unpaired) electrons. The molecule has 1 amide bonds. The Bertz CT molecular complexity index is 380. The maximum Gasteiger partial charge on any atom is 0.235 e. The Hall–Kier alpha value is -1.06. The predicted octanol–water partition coefficient (Wildman–Crippen LogP) is 1.23. The lowest BCUT2D eigenvalue weighted by Crippen LogP contribution is -2.43. The van der Waals surface area contributed by atoms with Crippen molar-refractivity contribution in [1.82, 2.24) is 10.6 Å². The number of carbonyl (C=O) groups excluding carboxylic acids is 1. The van der Waals surface area contributed by atoms with E-state index < -0.39 is 5.66 Å². The molecule has 0 saturated carbocycles. The van der Waals surface area contributed by atoms with E-state index in [0.29, 0.717) is 11.6 Å². The highest BCUT2D eigenvalue weighted by Gasteiger charge is 2.35. The summed E-state index contributed by atoms with van der Waals surface area (Å²) in [5, 5.41) is 6.60. The van der Waals surface area contributed by atoms with Crippen molar-refractivity contribution in [3.05, 3.63) is 34.9 Å². The second kappa shape index (κ2) is 3.26. The van der Waals surface area contributed by atoms with E-state index in [0.717, 1.165) is 5.56 Å². The summed E-state index contributed by atoms with van der Waals surface area (Å²) >= 11 is 6.05. The molecule has 1 saturated heterocycles. The van der Waals surface area contributed by atoms with Gasteiger partial charge < -0.3 is 5.32 Å². The van der Waals surface area contributed by atoms with Crippen LogP contribution in [0, 0.1) is 0 Å². The van der Waals surface area contributed by atoms with Gasteiger partial charge in [0.25, 0.3) is 0 Å². The van der Waals surface area contributed by atoms with Crippen molar-refractivity contribution < 1.29 is 4.79 Å². The van der Waals surface area contributed by atoms with Crippen molar-refractivity contribution >= 4 is 17.5 Å². The second-order valence-corrected chi connectivity index (χ2v) is 3.91. The van der Waals surface area contributed by atoms with E-state index in [1.807, 2.05) is 31.2 Å². The largest absolute Gasteiger partial charge is 0.333 e. The molecule has 1 aromatic rings. The fraction of sp³-hybridized carbons (Fsp3) is 0.300. The zero-order valence-electron chi connectivity index (χ0n) is 7.80.